The molecule has 0 unspecified atom stereocenters. The van der Waals surface area contributed by atoms with Crippen LogP contribution in [0.25, 0.3) is 22.3 Å². The fourth-order valence-corrected chi connectivity index (χ4v) is 4.89. The minimum Gasteiger partial charge on any atom is -0.378 e. The van der Waals surface area contributed by atoms with Gasteiger partial charge in [0.1, 0.15) is 22.9 Å². The van der Waals surface area contributed by atoms with E-state index in [0.29, 0.717) is 22.7 Å². The van der Waals surface area contributed by atoms with E-state index in [4.69, 9.17) is 4.74 Å². The molecule has 3 aromatic heterocycles. The number of fused-ring (bicyclic) bond motifs is 1. The number of hydrogen-bond donors (Lipinski definition) is 1. The molecule has 1 aliphatic rings. The molecule has 0 aliphatic carbocycles. The van der Waals surface area contributed by atoms with Gasteiger partial charge >= 0.3 is 0 Å². The predicted octanol–water partition coefficient (Wildman–Crippen LogP) is 5.80. The number of ether oxygens (including phenoxy) is 1. The number of aromatic nitrogens is 5. The number of hydrogen-bond acceptors (Lipinski definition) is 7. The molecule has 1 aliphatic heterocycles. The SMILES string of the molecule is COC1(C)CCN(c2ccc(Nc3ncc(F)c(-c4cc(F)c5nc(C)n(C(C)C)c5c4)n3)nc2)CC1. The van der Waals surface area contributed by atoms with E-state index in [9.17, 15) is 8.78 Å². The zero-order chi connectivity index (χ0) is 26.3. The summed E-state index contributed by atoms with van der Waals surface area (Å²) in [4.78, 5) is 19.5. The maximum absolute atomic E-state index is 14.9. The van der Waals surface area contributed by atoms with Crippen molar-refractivity contribution in [2.45, 2.75) is 52.2 Å². The van der Waals surface area contributed by atoms with E-state index in [1.807, 2.05) is 37.5 Å². The fourth-order valence-electron chi connectivity index (χ4n) is 4.89. The molecule has 0 spiro atoms. The van der Waals surface area contributed by atoms with Gasteiger partial charge in [-0.2, -0.15) is 0 Å². The summed E-state index contributed by atoms with van der Waals surface area (Å²) in [5, 5.41) is 3.03. The summed E-state index contributed by atoms with van der Waals surface area (Å²) < 4.78 is 37.3. The zero-order valence-electron chi connectivity index (χ0n) is 21.7. The van der Waals surface area contributed by atoms with Crippen LogP contribution in [-0.4, -0.2) is 50.3 Å². The van der Waals surface area contributed by atoms with Crippen LogP contribution >= 0.6 is 0 Å². The lowest BCUT2D eigenvalue weighted by Crippen LogP contribution is -2.43. The van der Waals surface area contributed by atoms with E-state index >= 15 is 0 Å². The van der Waals surface area contributed by atoms with Crippen LogP contribution in [0.3, 0.4) is 0 Å². The summed E-state index contributed by atoms with van der Waals surface area (Å²) in [6.07, 6.45) is 4.76. The van der Waals surface area contributed by atoms with Gasteiger partial charge in [0.05, 0.1) is 29.2 Å². The van der Waals surface area contributed by atoms with Crippen LogP contribution in [0.1, 0.15) is 45.5 Å². The first-order valence-corrected chi connectivity index (χ1v) is 12.4. The molecule has 8 nitrogen and oxygen atoms in total. The molecule has 4 aromatic rings. The molecule has 4 heterocycles. The lowest BCUT2D eigenvalue weighted by atomic mass is 9.93. The Bertz CT molecular complexity index is 1430. The molecule has 0 bridgehead atoms. The Hall–Kier alpha value is -3.66. The highest BCUT2D eigenvalue weighted by Gasteiger charge is 2.29. The largest absolute Gasteiger partial charge is 0.378 e. The Morgan fingerprint density at radius 1 is 1.03 bits per heavy atom. The van der Waals surface area contributed by atoms with E-state index < -0.39 is 11.6 Å². The summed E-state index contributed by atoms with van der Waals surface area (Å²) >= 11 is 0. The van der Waals surface area contributed by atoms with Gasteiger partial charge in [0, 0.05) is 31.8 Å². The van der Waals surface area contributed by atoms with Crippen LogP contribution in [0.5, 0.6) is 0 Å². The molecule has 5 rings (SSSR count). The van der Waals surface area contributed by atoms with Gasteiger partial charge in [-0.15, -0.1) is 0 Å². The number of methoxy groups -OCH3 is 1. The van der Waals surface area contributed by atoms with Crippen LogP contribution in [0.15, 0.2) is 36.7 Å². The molecule has 0 atom stereocenters. The van der Waals surface area contributed by atoms with Crippen LogP contribution in [0, 0.1) is 18.6 Å². The van der Waals surface area contributed by atoms with Crippen molar-refractivity contribution in [3.8, 4) is 11.3 Å². The number of benzene rings is 1. The maximum atomic E-state index is 14.9. The van der Waals surface area contributed by atoms with Gasteiger partial charge in [0.15, 0.2) is 11.6 Å². The second-order valence-electron chi connectivity index (χ2n) is 10.0. The summed E-state index contributed by atoms with van der Waals surface area (Å²) in [6, 6.07) is 6.86. The summed E-state index contributed by atoms with van der Waals surface area (Å²) in [7, 11) is 1.76. The number of anilines is 3. The topological polar surface area (TPSA) is 81.0 Å². The number of imidazole rings is 1. The van der Waals surface area contributed by atoms with Crippen LogP contribution in [-0.2, 0) is 4.74 Å². The van der Waals surface area contributed by atoms with Crippen LogP contribution in [0.4, 0.5) is 26.2 Å². The molecule has 1 saturated heterocycles. The highest BCUT2D eigenvalue weighted by atomic mass is 19.1. The van der Waals surface area contributed by atoms with Crippen molar-refractivity contribution in [1.82, 2.24) is 24.5 Å². The van der Waals surface area contributed by atoms with Crippen LogP contribution < -0.4 is 10.2 Å². The molecule has 0 saturated carbocycles. The van der Waals surface area contributed by atoms with Crippen LogP contribution in [0.2, 0.25) is 0 Å². The number of halogens is 2. The molecular formula is C27H31F2N7O. The quantitative estimate of drug-likeness (QED) is 0.353. The molecule has 194 valence electrons. The molecule has 0 amide bonds. The standard InChI is InChI=1S/C27H31F2N7O/c1-16(2)36-17(3)32-25-20(28)12-18(13-22(25)36)24-21(29)15-31-26(34-24)33-23-7-6-19(14-30-23)35-10-8-27(4,37-5)9-11-35/h6-7,12-16H,8-11H2,1-5H3,(H,30,31,33,34). The molecule has 1 fully saturated rings. The van der Waals surface area contributed by atoms with Crippen molar-refractivity contribution in [3.05, 3.63) is 54.1 Å². The predicted molar refractivity (Wildman–Crippen MR) is 140 cm³/mol. The molecule has 0 radical (unpaired) electrons. The monoisotopic (exact) mass is 507 g/mol. The fraction of sp³-hybridized carbons (Fsp3) is 0.407. The third-order valence-corrected chi connectivity index (χ3v) is 7.13. The van der Waals surface area contributed by atoms with E-state index in [0.717, 1.165) is 37.8 Å². The summed E-state index contributed by atoms with van der Waals surface area (Å²) in [5.41, 5.74) is 2.10. The minimum atomic E-state index is -0.645. The van der Waals surface area contributed by atoms with E-state index in [-0.39, 0.29) is 28.8 Å². The summed E-state index contributed by atoms with van der Waals surface area (Å²) in [6.45, 7) is 9.72. The third kappa shape index (κ3) is 4.85. The zero-order valence-corrected chi connectivity index (χ0v) is 21.7. The van der Waals surface area contributed by atoms with Gasteiger partial charge in [-0.1, -0.05) is 0 Å². The smallest absolute Gasteiger partial charge is 0.229 e. The van der Waals surface area contributed by atoms with E-state index in [2.05, 4.69) is 37.1 Å². The number of pyridine rings is 1. The first-order chi connectivity index (χ1) is 17.7. The highest BCUT2D eigenvalue weighted by Crippen LogP contribution is 2.31. The molecule has 1 aromatic carbocycles. The lowest BCUT2D eigenvalue weighted by Gasteiger charge is -2.39. The Kier molecular flexibility index (Phi) is 6.53. The molecule has 1 N–H and O–H groups in total. The van der Waals surface area contributed by atoms with Crippen molar-refractivity contribution < 1.29 is 13.5 Å². The lowest BCUT2D eigenvalue weighted by molar-refractivity contribution is -0.0132. The average molecular weight is 508 g/mol. The highest BCUT2D eigenvalue weighted by molar-refractivity contribution is 5.83. The van der Waals surface area contributed by atoms with Crippen molar-refractivity contribution >= 4 is 28.5 Å². The Labute approximate surface area is 214 Å². The maximum Gasteiger partial charge on any atom is 0.229 e. The number of rotatable bonds is 6. The second kappa shape index (κ2) is 9.66. The number of piperidine rings is 1. The Balaban J connectivity index is 1.38. The van der Waals surface area contributed by atoms with E-state index in [1.165, 1.54) is 6.07 Å². The van der Waals surface area contributed by atoms with Gasteiger partial charge in [-0.25, -0.2) is 28.7 Å². The molecular weight excluding hydrogens is 476 g/mol. The number of nitrogens with one attached hydrogen (secondary N) is 1. The van der Waals surface area contributed by atoms with Crippen molar-refractivity contribution in [2.75, 3.05) is 30.4 Å². The second-order valence-corrected chi connectivity index (χ2v) is 10.0. The Morgan fingerprint density at radius 3 is 2.43 bits per heavy atom. The number of nitrogens with zero attached hydrogens (tertiary/aromatic N) is 6. The van der Waals surface area contributed by atoms with Gasteiger partial charge in [-0.3, -0.25) is 0 Å². The normalized spacial score (nSPS) is 15.5. The third-order valence-electron chi connectivity index (χ3n) is 7.13. The molecule has 10 heteroatoms. The van der Waals surface area contributed by atoms with Gasteiger partial charge in [0.2, 0.25) is 5.95 Å². The van der Waals surface area contributed by atoms with Gasteiger partial charge in [-0.05, 0) is 64.8 Å². The van der Waals surface area contributed by atoms with Crippen molar-refractivity contribution in [1.29, 1.82) is 0 Å². The van der Waals surface area contributed by atoms with Gasteiger partial charge < -0.3 is 19.5 Å². The molecule has 37 heavy (non-hydrogen) atoms. The summed E-state index contributed by atoms with van der Waals surface area (Å²) in [5.74, 6) is 0.212. The van der Waals surface area contributed by atoms with E-state index in [1.54, 1.807) is 19.4 Å². The first-order valence-electron chi connectivity index (χ1n) is 12.4. The Morgan fingerprint density at radius 2 is 1.78 bits per heavy atom. The van der Waals surface area contributed by atoms with Gasteiger partial charge in [0.25, 0.3) is 0 Å². The van der Waals surface area contributed by atoms with Crippen molar-refractivity contribution in [2.24, 2.45) is 0 Å². The number of aryl methyl sites for hydroxylation is 1. The average Bonchev–Trinajstić information content (AvgIpc) is 3.23. The minimum absolute atomic E-state index is 0.00131. The first kappa shape index (κ1) is 25.0. The van der Waals surface area contributed by atoms with Crippen molar-refractivity contribution in [3.63, 3.8) is 0 Å².